The predicted molar refractivity (Wildman–Crippen MR) is 132 cm³/mol. The number of allylic oxidation sites excluding steroid dienone is 1. The summed E-state index contributed by atoms with van der Waals surface area (Å²) in [5.74, 6) is -2.50. The molecule has 8 nitrogen and oxygen atoms in total. The van der Waals surface area contributed by atoms with Gasteiger partial charge in [-0.3, -0.25) is 14.4 Å². The molecule has 0 aromatic rings. The summed E-state index contributed by atoms with van der Waals surface area (Å²) in [5, 5.41) is 10.1. The standard InChI is InChI=1S/C27H42N2O6/c1-7-10-11-12-16-34-25(33)20-19-13-14-27(35-19)21(20)23(31)29(18(9-3)17-30)22(27)24(32)28(15-8-2)26(4,5)6/h7-8,18-22,30H,1-2,9-17H2,3-6H3/t18-,19-,20+,21-,22?,27?/m0/s1. The molecular formula is C27H42N2O6. The molecule has 0 radical (unpaired) electrons. The lowest BCUT2D eigenvalue weighted by Gasteiger charge is -2.43. The maximum Gasteiger partial charge on any atom is 0.312 e. The van der Waals surface area contributed by atoms with Crippen LogP contribution in [0.2, 0.25) is 0 Å². The van der Waals surface area contributed by atoms with Crippen LogP contribution in [0.15, 0.2) is 25.3 Å². The third-order valence-electron chi connectivity index (χ3n) is 7.75. The second-order valence-electron chi connectivity index (χ2n) is 10.9. The van der Waals surface area contributed by atoms with E-state index in [1.807, 2.05) is 33.8 Å². The highest BCUT2D eigenvalue weighted by molar-refractivity contribution is 5.98. The van der Waals surface area contributed by atoms with Crippen molar-refractivity contribution in [1.82, 2.24) is 9.80 Å². The van der Waals surface area contributed by atoms with E-state index >= 15 is 0 Å². The van der Waals surface area contributed by atoms with Crippen molar-refractivity contribution < 1.29 is 29.0 Å². The second kappa shape index (κ2) is 10.8. The first-order valence-electron chi connectivity index (χ1n) is 12.9. The Morgan fingerprint density at radius 2 is 2.03 bits per heavy atom. The predicted octanol–water partition coefficient (Wildman–Crippen LogP) is 2.84. The summed E-state index contributed by atoms with van der Waals surface area (Å²) in [6, 6.07) is -1.45. The van der Waals surface area contributed by atoms with Crippen LogP contribution >= 0.6 is 0 Å². The summed E-state index contributed by atoms with van der Waals surface area (Å²) in [7, 11) is 0. The van der Waals surface area contributed by atoms with Crippen molar-refractivity contribution in [2.24, 2.45) is 11.8 Å². The number of hydrogen-bond donors (Lipinski definition) is 1. The van der Waals surface area contributed by atoms with Gasteiger partial charge in [0.15, 0.2) is 0 Å². The number of aliphatic hydroxyl groups excluding tert-OH is 1. The first kappa shape index (κ1) is 27.4. The van der Waals surface area contributed by atoms with Crippen LogP contribution in [0.3, 0.4) is 0 Å². The molecule has 196 valence electrons. The topological polar surface area (TPSA) is 96.4 Å². The molecule has 0 aromatic carbocycles. The molecule has 2 unspecified atom stereocenters. The maximum absolute atomic E-state index is 14.1. The molecule has 2 bridgehead atoms. The molecule has 3 aliphatic heterocycles. The summed E-state index contributed by atoms with van der Waals surface area (Å²) in [6.45, 7) is 15.5. The van der Waals surface area contributed by atoms with Gasteiger partial charge in [-0.15, -0.1) is 13.2 Å². The highest BCUT2D eigenvalue weighted by Crippen LogP contribution is 2.59. The first-order valence-corrected chi connectivity index (χ1v) is 12.9. The number of unbranched alkanes of at least 4 members (excludes halogenated alkanes) is 2. The molecule has 3 saturated heterocycles. The quantitative estimate of drug-likeness (QED) is 0.257. The molecule has 3 aliphatic rings. The van der Waals surface area contributed by atoms with E-state index in [0.717, 1.165) is 19.3 Å². The average Bonchev–Trinajstić information content (AvgIpc) is 3.45. The molecule has 1 spiro atoms. The summed E-state index contributed by atoms with van der Waals surface area (Å²) >= 11 is 0. The number of carbonyl (C=O) groups is 3. The Morgan fingerprint density at radius 3 is 2.60 bits per heavy atom. The lowest BCUT2D eigenvalue weighted by atomic mass is 9.70. The fraction of sp³-hybridized carbons (Fsp3) is 0.741. The molecule has 3 heterocycles. The van der Waals surface area contributed by atoms with E-state index < -0.39 is 47.1 Å². The number of fused-ring (bicyclic) bond motifs is 1. The highest BCUT2D eigenvalue weighted by atomic mass is 16.6. The van der Waals surface area contributed by atoms with E-state index in [2.05, 4.69) is 13.2 Å². The van der Waals surface area contributed by atoms with Crippen LogP contribution in [0.4, 0.5) is 0 Å². The third-order valence-corrected chi connectivity index (χ3v) is 7.75. The summed E-state index contributed by atoms with van der Waals surface area (Å²) in [4.78, 5) is 44.5. The number of nitrogens with zero attached hydrogens (tertiary/aromatic N) is 2. The van der Waals surface area contributed by atoms with Crippen molar-refractivity contribution in [2.45, 2.75) is 95.5 Å². The molecule has 6 atom stereocenters. The molecule has 8 heteroatoms. The number of esters is 1. The van der Waals surface area contributed by atoms with Crippen molar-refractivity contribution >= 4 is 17.8 Å². The lowest BCUT2D eigenvalue weighted by Crippen LogP contribution is -2.61. The van der Waals surface area contributed by atoms with Gasteiger partial charge in [-0.2, -0.15) is 0 Å². The maximum atomic E-state index is 14.1. The van der Waals surface area contributed by atoms with Gasteiger partial charge in [-0.25, -0.2) is 0 Å². The van der Waals surface area contributed by atoms with Crippen LogP contribution in [-0.4, -0.2) is 81.8 Å². The molecule has 2 amide bonds. The van der Waals surface area contributed by atoms with Crippen molar-refractivity contribution in [3.8, 4) is 0 Å². The van der Waals surface area contributed by atoms with Crippen molar-refractivity contribution in [2.75, 3.05) is 19.8 Å². The van der Waals surface area contributed by atoms with E-state index in [0.29, 0.717) is 25.8 Å². The molecule has 0 aliphatic carbocycles. The number of hydrogen-bond acceptors (Lipinski definition) is 6. The minimum absolute atomic E-state index is 0.237. The number of amides is 2. The van der Waals surface area contributed by atoms with Crippen LogP contribution in [0.25, 0.3) is 0 Å². The summed E-state index contributed by atoms with van der Waals surface area (Å²) in [5.41, 5.74) is -1.62. The van der Waals surface area contributed by atoms with Gasteiger partial charge in [0.25, 0.3) is 0 Å². The minimum Gasteiger partial charge on any atom is -0.465 e. The Hall–Kier alpha value is -2.19. The second-order valence-corrected chi connectivity index (χ2v) is 10.9. The van der Waals surface area contributed by atoms with Gasteiger partial charge in [0.1, 0.15) is 11.6 Å². The zero-order valence-corrected chi connectivity index (χ0v) is 21.7. The zero-order valence-electron chi connectivity index (χ0n) is 21.7. The van der Waals surface area contributed by atoms with Crippen LogP contribution in [-0.2, 0) is 23.9 Å². The number of ether oxygens (including phenoxy) is 2. The van der Waals surface area contributed by atoms with Gasteiger partial charge in [0.2, 0.25) is 11.8 Å². The zero-order chi connectivity index (χ0) is 26.0. The van der Waals surface area contributed by atoms with Gasteiger partial charge < -0.3 is 24.4 Å². The lowest BCUT2D eigenvalue weighted by molar-refractivity contribution is -0.157. The third kappa shape index (κ3) is 4.79. The van der Waals surface area contributed by atoms with Crippen molar-refractivity contribution in [3.05, 3.63) is 25.3 Å². The Bertz CT molecular complexity index is 832. The highest BCUT2D eigenvalue weighted by Gasteiger charge is 2.75. The van der Waals surface area contributed by atoms with Crippen LogP contribution in [0, 0.1) is 11.8 Å². The van der Waals surface area contributed by atoms with Gasteiger partial charge in [0, 0.05) is 12.1 Å². The Morgan fingerprint density at radius 1 is 1.31 bits per heavy atom. The van der Waals surface area contributed by atoms with E-state index in [4.69, 9.17) is 9.47 Å². The molecule has 0 saturated carbocycles. The van der Waals surface area contributed by atoms with E-state index in [1.165, 1.54) is 4.90 Å². The fourth-order valence-electron chi connectivity index (χ4n) is 6.08. The molecular weight excluding hydrogens is 448 g/mol. The number of carbonyl (C=O) groups excluding carboxylic acids is 3. The van der Waals surface area contributed by atoms with Gasteiger partial charge in [0.05, 0.1) is 37.2 Å². The van der Waals surface area contributed by atoms with Gasteiger partial charge in [-0.1, -0.05) is 19.1 Å². The Balaban J connectivity index is 1.96. The number of rotatable bonds is 12. The van der Waals surface area contributed by atoms with Crippen LogP contribution in [0.5, 0.6) is 0 Å². The summed E-state index contributed by atoms with van der Waals surface area (Å²) < 4.78 is 12.0. The van der Waals surface area contributed by atoms with Gasteiger partial charge in [-0.05, 0) is 59.3 Å². The molecule has 3 rings (SSSR count). The van der Waals surface area contributed by atoms with Crippen LogP contribution < -0.4 is 0 Å². The molecule has 1 N–H and O–H groups in total. The fourth-order valence-corrected chi connectivity index (χ4v) is 6.08. The van der Waals surface area contributed by atoms with E-state index in [-0.39, 0.29) is 25.0 Å². The largest absolute Gasteiger partial charge is 0.465 e. The first-order chi connectivity index (χ1) is 16.6. The normalized spacial score (nSPS) is 30.2. The summed E-state index contributed by atoms with van der Waals surface area (Å²) in [6.07, 6.45) is 7.08. The number of likely N-dealkylation sites (tertiary alicyclic amines) is 1. The molecule has 0 aromatic heterocycles. The SMILES string of the molecule is C=CCCCCOC(=O)[C@@H]1[C@@H]2CCC3(O2)C(C(=O)N(CC=C)C(C)(C)C)N([C@@H](CC)CO)C(=O)[C@H]13. The van der Waals surface area contributed by atoms with E-state index in [9.17, 15) is 19.5 Å². The van der Waals surface area contributed by atoms with Crippen molar-refractivity contribution in [3.63, 3.8) is 0 Å². The van der Waals surface area contributed by atoms with Crippen LogP contribution in [0.1, 0.15) is 66.2 Å². The Labute approximate surface area is 209 Å². The molecule has 35 heavy (non-hydrogen) atoms. The molecule has 3 fully saturated rings. The smallest absolute Gasteiger partial charge is 0.312 e. The average molecular weight is 491 g/mol. The Kier molecular flexibility index (Phi) is 8.48. The van der Waals surface area contributed by atoms with Crippen molar-refractivity contribution in [1.29, 1.82) is 0 Å². The minimum atomic E-state index is -1.10. The number of aliphatic hydroxyl groups is 1. The van der Waals surface area contributed by atoms with E-state index in [1.54, 1.807) is 11.0 Å². The van der Waals surface area contributed by atoms with Gasteiger partial charge >= 0.3 is 5.97 Å². The monoisotopic (exact) mass is 490 g/mol.